The molecule has 0 spiro atoms. The Hall–Kier alpha value is -1.05. The molecule has 0 bridgehead atoms. The van der Waals surface area contributed by atoms with Gasteiger partial charge >= 0.3 is 0 Å². The average molecular weight is 120 g/mol. The summed E-state index contributed by atoms with van der Waals surface area (Å²) in [5.74, 6) is 0. The first-order valence-electron chi connectivity index (χ1n) is 3.09. The third-order valence-electron chi connectivity index (χ3n) is 1.62. The predicted octanol–water partition coefficient (Wildman–Crippen LogP) is 0.782. The van der Waals surface area contributed by atoms with Gasteiger partial charge in [0.2, 0.25) is 0 Å². The fraction of sp³-hybridized carbons (Fsp3) is 0.286. The summed E-state index contributed by atoms with van der Waals surface area (Å²) in [6.07, 6.45) is 10.1. The van der Waals surface area contributed by atoms with E-state index in [9.17, 15) is 0 Å². The van der Waals surface area contributed by atoms with E-state index < -0.39 is 0 Å². The second kappa shape index (κ2) is 1.72. The molecule has 9 heavy (non-hydrogen) atoms. The van der Waals surface area contributed by atoms with Crippen LogP contribution in [0.1, 0.15) is 0 Å². The first kappa shape index (κ1) is 4.79. The molecule has 0 N–H and O–H groups in total. The molecule has 0 saturated carbocycles. The zero-order valence-electron chi connectivity index (χ0n) is 5.07. The molecule has 2 aliphatic rings. The maximum absolute atomic E-state index is 4.02. The minimum atomic E-state index is 0.440. The van der Waals surface area contributed by atoms with Crippen molar-refractivity contribution in [3.05, 3.63) is 24.6 Å². The highest BCUT2D eigenvalue weighted by molar-refractivity contribution is 5.70. The molecule has 2 nitrogen and oxygen atoms in total. The van der Waals surface area contributed by atoms with Crippen molar-refractivity contribution in [3.63, 3.8) is 0 Å². The smallest absolute Gasteiger partial charge is 0.0827 e. The van der Waals surface area contributed by atoms with Crippen molar-refractivity contribution < 1.29 is 0 Å². The van der Waals surface area contributed by atoms with Gasteiger partial charge in [0, 0.05) is 25.2 Å². The number of hydrogen-bond acceptors (Lipinski definition) is 2. The summed E-state index contributed by atoms with van der Waals surface area (Å²) in [4.78, 5) is 6.25. The van der Waals surface area contributed by atoms with Crippen molar-refractivity contribution in [2.45, 2.75) is 6.04 Å². The van der Waals surface area contributed by atoms with Gasteiger partial charge in [-0.2, -0.15) is 0 Å². The van der Waals surface area contributed by atoms with E-state index >= 15 is 0 Å². The SMILES string of the molecule is C1=CC2C=NC=CN2C1. The second-order valence-electron chi connectivity index (χ2n) is 2.21. The van der Waals surface area contributed by atoms with Gasteiger partial charge in [-0.25, -0.2) is 0 Å². The summed E-state index contributed by atoms with van der Waals surface area (Å²) in [5.41, 5.74) is 0. The summed E-state index contributed by atoms with van der Waals surface area (Å²) in [5, 5.41) is 0. The maximum Gasteiger partial charge on any atom is 0.0827 e. The van der Waals surface area contributed by atoms with Gasteiger partial charge < -0.3 is 4.90 Å². The predicted molar refractivity (Wildman–Crippen MR) is 37.3 cm³/mol. The van der Waals surface area contributed by atoms with E-state index in [0.717, 1.165) is 6.54 Å². The molecular weight excluding hydrogens is 112 g/mol. The molecule has 2 rings (SSSR count). The number of hydrogen-bond donors (Lipinski definition) is 0. The third-order valence-corrected chi connectivity index (χ3v) is 1.62. The molecule has 0 aliphatic carbocycles. The molecule has 0 amide bonds. The highest BCUT2D eigenvalue weighted by Crippen LogP contribution is 2.10. The molecule has 1 unspecified atom stereocenters. The summed E-state index contributed by atoms with van der Waals surface area (Å²) >= 11 is 0. The Bertz CT molecular complexity index is 191. The fourth-order valence-corrected chi connectivity index (χ4v) is 1.11. The molecule has 0 aromatic carbocycles. The van der Waals surface area contributed by atoms with Crippen molar-refractivity contribution in [2.75, 3.05) is 6.54 Å². The molecular formula is C7H8N2. The van der Waals surface area contributed by atoms with Gasteiger partial charge in [0.25, 0.3) is 0 Å². The van der Waals surface area contributed by atoms with Crippen molar-refractivity contribution in [3.8, 4) is 0 Å². The number of aliphatic imine (C=N–C) groups is 1. The molecule has 2 aliphatic heterocycles. The normalized spacial score (nSPS) is 29.3. The highest BCUT2D eigenvalue weighted by Gasteiger charge is 2.14. The summed E-state index contributed by atoms with van der Waals surface area (Å²) in [6, 6.07) is 0.440. The molecule has 0 aromatic heterocycles. The largest absolute Gasteiger partial charge is 0.361 e. The third kappa shape index (κ3) is 0.669. The second-order valence-corrected chi connectivity index (χ2v) is 2.21. The van der Waals surface area contributed by atoms with Crippen molar-refractivity contribution in [1.29, 1.82) is 0 Å². The van der Waals surface area contributed by atoms with Crippen LogP contribution in [0.25, 0.3) is 0 Å². The van der Waals surface area contributed by atoms with Crippen LogP contribution in [-0.4, -0.2) is 23.7 Å². The van der Waals surface area contributed by atoms with Crippen LogP contribution in [0.15, 0.2) is 29.5 Å². The van der Waals surface area contributed by atoms with Crippen LogP contribution in [0.3, 0.4) is 0 Å². The van der Waals surface area contributed by atoms with Crippen LogP contribution >= 0.6 is 0 Å². The Balaban J connectivity index is 2.25. The van der Waals surface area contributed by atoms with Crippen LogP contribution in [0, 0.1) is 0 Å². The van der Waals surface area contributed by atoms with Gasteiger partial charge in [0.1, 0.15) is 0 Å². The van der Waals surface area contributed by atoms with Crippen LogP contribution in [-0.2, 0) is 0 Å². The van der Waals surface area contributed by atoms with E-state index in [1.54, 1.807) is 0 Å². The summed E-state index contributed by atoms with van der Waals surface area (Å²) in [7, 11) is 0. The molecule has 0 radical (unpaired) electrons. The number of nitrogens with zero attached hydrogens (tertiary/aromatic N) is 2. The quantitative estimate of drug-likeness (QED) is 0.431. The van der Waals surface area contributed by atoms with E-state index in [0.29, 0.717) is 6.04 Å². The van der Waals surface area contributed by atoms with E-state index in [1.807, 2.05) is 18.6 Å². The van der Waals surface area contributed by atoms with Gasteiger partial charge in [0.05, 0.1) is 6.04 Å². The van der Waals surface area contributed by atoms with Crippen LogP contribution in [0.4, 0.5) is 0 Å². The lowest BCUT2D eigenvalue weighted by atomic mass is 10.3. The lowest BCUT2D eigenvalue weighted by Gasteiger charge is -2.20. The molecule has 1 atom stereocenters. The molecule has 46 valence electrons. The summed E-state index contributed by atoms with van der Waals surface area (Å²) in [6.45, 7) is 1.03. The lowest BCUT2D eigenvalue weighted by molar-refractivity contribution is 0.438. The minimum Gasteiger partial charge on any atom is -0.361 e. The Labute approximate surface area is 54.2 Å². The van der Waals surface area contributed by atoms with Gasteiger partial charge in [-0.1, -0.05) is 12.2 Å². The molecule has 0 fully saturated rings. The van der Waals surface area contributed by atoms with Crippen molar-refractivity contribution in [1.82, 2.24) is 4.90 Å². The first-order chi connectivity index (χ1) is 4.47. The van der Waals surface area contributed by atoms with Crippen molar-refractivity contribution >= 4 is 6.21 Å². The van der Waals surface area contributed by atoms with Gasteiger partial charge in [-0.3, -0.25) is 4.99 Å². The number of rotatable bonds is 0. The Morgan fingerprint density at radius 1 is 1.56 bits per heavy atom. The lowest BCUT2D eigenvalue weighted by Crippen LogP contribution is -2.27. The topological polar surface area (TPSA) is 15.6 Å². The zero-order chi connectivity index (χ0) is 6.10. The zero-order valence-corrected chi connectivity index (χ0v) is 5.07. The monoisotopic (exact) mass is 120 g/mol. The maximum atomic E-state index is 4.02. The van der Waals surface area contributed by atoms with Crippen LogP contribution < -0.4 is 0 Å². The molecule has 0 saturated heterocycles. The van der Waals surface area contributed by atoms with Crippen molar-refractivity contribution in [2.24, 2.45) is 4.99 Å². The van der Waals surface area contributed by atoms with E-state index in [4.69, 9.17) is 0 Å². The van der Waals surface area contributed by atoms with E-state index in [2.05, 4.69) is 22.0 Å². The fourth-order valence-electron chi connectivity index (χ4n) is 1.11. The van der Waals surface area contributed by atoms with E-state index in [-0.39, 0.29) is 0 Å². The average Bonchev–Trinajstić information content (AvgIpc) is 2.33. The van der Waals surface area contributed by atoms with Gasteiger partial charge in [0.15, 0.2) is 0 Å². The minimum absolute atomic E-state index is 0.440. The van der Waals surface area contributed by atoms with Gasteiger partial charge in [-0.05, 0) is 0 Å². The molecule has 0 aromatic rings. The van der Waals surface area contributed by atoms with Gasteiger partial charge in [-0.15, -0.1) is 0 Å². The summed E-state index contributed by atoms with van der Waals surface area (Å²) < 4.78 is 0. The highest BCUT2D eigenvalue weighted by atomic mass is 15.2. The molecule has 2 heterocycles. The first-order valence-corrected chi connectivity index (χ1v) is 3.09. The van der Waals surface area contributed by atoms with Crippen LogP contribution in [0.5, 0.6) is 0 Å². The van der Waals surface area contributed by atoms with Crippen LogP contribution in [0.2, 0.25) is 0 Å². The van der Waals surface area contributed by atoms with E-state index in [1.165, 1.54) is 0 Å². The Morgan fingerprint density at radius 2 is 2.56 bits per heavy atom. The molecule has 2 heteroatoms. The number of fused-ring (bicyclic) bond motifs is 1. The standard InChI is InChI=1S/C7H8N2/c1-2-7-6-8-3-5-9(7)4-1/h1-3,5-7H,4H2. The Kier molecular flexibility index (Phi) is 0.918. The Morgan fingerprint density at radius 3 is 3.44 bits per heavy atom.